The molecule has 0 spiro atoms. The average Bonchev–Trinajstić information content (AvgIpc) is 3.41. The van der Waals surface area contributed by atoms with Crippen molar-refractivity contribution in [1.82, 2.24) is 0 Å². The van der Waals surface area contributed by atoms with E-state index < -0.39 is 0 Å². The molecule has 4 fully saturated rings. The van der Waals surface area contributed by atoms with E-state index >= 15 is 0 Å². The van der Waals surface area contributed by atoms with Crippen LogP contribution in [0, 0.1) is 47.3 Å². The van der Waals surface area contributed by atoms with E-state index in [2.05, 4.69) is 12.2 Å². The van der Waals surface area contributed by atoms with Crippen molar-refractivity contribution in [3.63, 3.8) is 0 Å². The number of ether oxygens (including phenoxy) is 3. The molecule has 1 saturated heterocycles. The Balaban J connectivity index is 1.29. The lowest BCUT2D eigenvalue weighted by atomic mass is 9.66. The molecule has 5 rings (SSSR count). The Hall–Kier alpha value is -0.870. The summed E-state index contributed by atoms with van der Waals surface area (Å²) in [6.07, 6.45) is 11.9. The second-order valence-corrected chi connectivity index (χ2v) is 8.92. The smallest absolute Gasteiger partial charge is 0.311 e. The Kier molecular flexibility index (Phi) is 4.16. The van der Waals surface area contributed by atoms with Gasteiger partial charge in [0.15, 0.2) is 6.29 Å². The van der Waals surface area contributed by atoms with Crippen LogP contribution in [0.25, 0.3) is 0 Å². The van der Waals surface area contributed by atoms with Crippen molar-refractivity contribution < 1.29 is 19.0 Å². The minimum Gasteiger partial charge on any atom is -0.469 e. The highest BCUT2D eigenvalue weighted by Gasteiger charge is 2.62. The predicted molar refractivity (Wildman–Crippen MR) is 92.5 cm³/mol. The molecule has 138 valence electrons. The first-order valence-corrected chi connectivity index (χ1v) is 10.3. The van der Waals surface area contributed by atoms with Gasteiger partial charge in [-0.3, -0.25) is 4.79 Å². The minimum atomic E-state index is -0.127. The Morgan fingerprint density at radius 3 is 2.76 bits per heavy atom. The molecule has 0 N–H and O–H groups in total. The van der Waals surface area contributed by atoms with E-state index in [1.54, 1.807) is 0 Å². The number of esters is 1. The molecule has 0 aromatic heterocycles. The normalized spacial score (nSPS) is 47.9. The highest BCUT2D eigenvalue weighted by atomic mass is 16.7. The van der Waals surface area contributed by atoms with Gasteiger partial charge in [0.1, 0.15) is 0 Å². The summed E-state index contributed by atoms with van der Waals surface area (Å²) in [5, 5.41) is 0. The third-order valence-corrected chi connectivity index (χ3v) is 7.94. The van der Waals surface area contributed by atoms with E-state index in [4.69, 9.17) is 14.2 Å². The summed E-state index contributed by atoms with van der Waals surface area (Å²) in [6.45, 7) is 1.24. The van der Waals surface area contributed by atoms with Gasteiger partial charge in [-0.2, -0.15) is 0 Å². The van der Waals surface area contributed by atoms with Crippen molar-refractivity contribution >= 4 is 5.97 Å². The summed E-state index contributed by atoms with van der Waals surface area (Å²) in [5.74, 6) is 5.07. The maximum atomic E-state index is 12.5. The SMILES string of the molecule is COC(=O)C(COC1CCCCO1)C1CC2CC1C1C3C=CC(C3)C21. The van der Waals surface area contributed by atoms with Gasteiger partial charge in [0.25, 0.3) is 0 Å². The van der Waals surface area contributed by atoms with Gasteiger partial charge in [0.2, 0.25) is 0 Å². The van der Waals surface area contributed by atoms with Crippen molar-refractivity contribution in [2.75, 3.05) is 20.3 Å². The molecular weight excluding hydrogens is 316 g/mol. The second-order valence-electron chi connectivity index (χ2n) is 8.92. The summed E-state index contributed by atoms with van der Waals surface area (Å²) in [7, 11) is 1.52. The van der Waals surface area contributed by atoms with Crippen LogP contribution in [-0.2, 0) is 19.0 Å². The molecule has 5 aliphatic rings. The van der Waals surface area contributed by atoms with Gasteiger partial charge >= 0.3 is 5.97 Å². The molecule has 4 aliphatic carbocycles. The summed E-state index contributed by atoms with van der Waals surface area (Å²) in [4.78, 5) is 12.5. The number of rotatable bonds is 5. The van der Waals surface area contributed by atoms with Crippen molar-refractivity contribution in [2.24, 2.45) is 47.3 Å². The molecule has 0 aromatic carbocycles. The van der Waals surface area contributed by atoms with Gasteiger partial charge in [-0.15, -0.1) is 0 Å². The Morgan fingerprint density at radius 2 is 2.00 bits per heavy atom. The number of carbonyl (C=O) groups is 1. The molecule has 0 amide bonds. The maximum absolute atomic E-state index is 12.5. The molecule has 3 saturated carbocycles. The molecular formula is C21H30O4. The lowest BCUT2D eigenvalue weighted by Gasteiger charge is -2.39. The standard InChI is InChI=1S/C21H30O4/c1-23-21(22)17(11-25-18-4-2-3-7-24-18)15-9-14-10-16(15)20-13-6-5-12(8-13)19(14)20/h5-6,12-20H,2-4,7-11H2,1H3. The zero-order valence-corrected chi connectivity index (χ0v) is 15.1. The van der Waals surface area contributed by atoms with E-state index in [1.807, 2.05) is 0 Å². The number of hydrogen-bond donors (Lipinski definition) is 0. The summed E-state index contributed by atoms with van der Waals surface area (Å²) in [5.41, 5.74) is 0. The molecule has 9 unspecified atom stereocenters. The zero-order valence-electron chi connectivity index (χ0n) is 15.1. The average molecular weight is 346 g/mol. The Bertz CT molecular complexity index is 552. The third kappa shape index (κ3) is 2.59. The van der Waals surface area contributed by atoms with Gasteiger partial charge in [0, 0.05) is 6.61 Å². The lowest BCUT2D eigenvalue weighted by molar-refractivity contribution is -0.182. The van der Waals surface area contributed by atoms with Gasteiger partial charge in [-0.05, 0) is 80.0 Å². The summed E-state index contributed by atoms with van der Waals surface area (Å²) < 4.78 is 16.9. The van der Waals surface area contributed by atoms with Crippen LogP contribution in [0.2, 0.25) is 0 Å². The topological polar surface area (TPSA) is 44.8 Å². The Morgan fingerprint density at radius 1 is 1.16 bits per heavy atom. The monoisotopic (exact) mass is 346 g/mol. The van der Waals surface area contributed by atoms with Crippen LogP contribution in [0.3, 0.4) is 0 Å². The van der Waals surface area contributed by atoms with Crippen molar-refractivity contribution in [1.29, 1.82) is 0 Å². The molecule has 1 heterocycles. The molecule has 1 aliphatic heterocycles. The number of carbonyl (C=O) groups excluding carboxylic acids is 1. The minimum absolute atomic E-state index is 0.0800. The van der Waals surface area contributed by atoms with Gasteiger partial charge in [-0.25, -0.2) is 0 Å². The molecule has 0 radical (unpaired) electrons. The van der Waals surface area contributed by atoms with Crippen LogP contribution in [0.5, 0.6) is 0 Å². The van der Waals surface area contributed by atoms with E-state index in [1.165, 1.54) is 26.4 Å². The van der Waals surface area contributed by atoms with E-state index in [-0.39, 0.29) is 18.2 Å². The molecule has 4 nitrogen and oxygen atoms in total. The molecule has 9 atom stereocenters. The fourth-order valence-corrected chi connectivity index (χ4v) is 7.10. The zero-order chi connectivity index (χ0) is 17.0. The molecule has 4 bridgehead atoms. The number of fused-ring (bicyclic) bond motifs is 9. The first-order chi connectivity index (χ1) is 12.3. The van der Waals surface area contributed by atoms with Crippen LogP contribution in [0.1, 0.15) is 38.5 Å². The highest BCUT2D eigenvalue weighted by molar-refractivity contribution is 5.73. The summed E-state index contributed by atoms with van der Waals surface area (Å²) in [6, 6.07) is 0. The molecule has 0 aromatic rings. The number of allylic oxidation sites excluding steroid dienone is 2. The molecule has 4 heteroatoms. The van der Waals surface area contributed by atoms with Crippen LogP contribution < -0.4 is 0 Å². The predicted octanol–water partition coefficient (Wildman–Crippen LogP) is 3.41. The van der Waals surface area contributed by atoms with Crippen LogP contribution >= 0.6 is 0 Å². The quantitative estimate of drug-likeness (QED) is 0.435. The third-order valence-electron chi connectivity index (χ3n) is 7.94. The van der Waals surface area contributed by atoms with Crippen LogP contribution in [-0.4, -0.2) is 32.6 Å². The van der Waals surface area contributed by atoms with Gasteiger partial charge in [0.05, 0.1) is 19.6 Å². The van der Waals surface area contributed by atoms with Crippen molar-refractivity contribution in [2.45, 2.75) is 44.8 Å². The summed E-state index contributed by atoms with van der Waals surface area (Å²) >= 11 is 0. The van der Waals surface area contributed by atoms with Crippen molar-refractivity contribution in [3.05, 3.63) is 12.2 Å². The van der Waals surface area contributed by atoms with Gasteiger partial charge < -0.3 is 14.2 Å². The number of hydrogen-bond acceptors (Lipinski definition) is 4. The maximum Gasteiger partial charge on any atom is 0.311 e. The first kappa shape index (κ1) is 16.3. The van der Waals surface area contributed by atoms with Crippen LogP contribution in [0.4, 0.5) is 0 Å². The molecule has 25 heavy (non-hydrogen) atoms. The number of methoxy groups -OCH3 is 1. The Labute approximate surface area is 150 Å². The van der Waals surface area contributed by atoms with E-state index in [0.717, 1.165) is 55.5 Å². The lowest BCUT2D eigenvalue weighted by Crippen LogP contribution is -2.40. The van der Waals surface area contributed by atoms with Crippen molar-refractivity contribution in [3.8, 4) is 0 Å². The fourth-order valence-electron chi connectivity index (χ4n) is 7.10. The largest absolute Gasteiger partial charge is 0.469 e. The van der Waals surface area contributed by atoms with E-state index in [9.17, 15) is 4.79 Å². The van der Waals surface area contributed by atoms with Crippen LogP contribution in [0.15, 0.2) is 12.2 Å². The van der Waals surface area contributed by atoms with E-state index in [0.29, 0.717) is 18.4 Å². The van der Waals surface area contributed by atoms with Gasteiger partial charge in [-0.1, -0.05) is 12.2 Å². The second kappa shape index (κ2) is 6.38. The first-order valence-electron chi connectivity index (χ1n) is 10.3. The fraction of sp³-hybridized carbons (Fsp3) is 0.857. The highest BCUT2D eigenvalue weighted by Crippen LogP contribution is 2.68.